The van der Waals surface area contributed by atoms with Gasteiger partial charge in [-0.2, -0.15) is 0 Å². The normalized spacial score (nSPS) is 22.2. The molecular weight excluding hydrogens is 546 g/mol. The van der Waals surface area contributed by atoms with Gasteiger partial charge >= 0.3 is 0 Å². The highest BCUT2D eigenvalue weighted by Crippen LogP contribution is 2.38. The van der Waals surface area contributed by atoms with Crippen molar-refractivity contribution < 1.29 is 14.3 Å². The maximum Gasteiger partial charge on any atom is 0.228 e. The number of carbonyl (C=O) groups is 1. The number of amides is 1. The molecule has 1 saturated carbocycles. The van der Waals surface area contributed by atoms with E-state index in [-0.39, 0.29) is 18.1 Å². The van der Waals surface area contributed by atoms with E-state index >= 15 is 0 Å². The van der Waals surface area contributed by atoms with E-state index in [0.717, 1.165) is 64.8 Å². The zero-order valence-corrected chi connectivity index (χ0v) is 25.7. The van der Waals surface area contributed by atoms with Crippen molar-refractivity contribution in [3.8, 4) is 11.1 Å². The van der Waals surface area contributed by atoms with Crippen LogP contribution in [0.4, 0.5) is 0 Å². The van der Waals surface area contributed by atoms with Gasteiger partial charge in [0.25, 0.3) is 0 Å². The summed E-state index contributed by atoms with van der Waals surface area (Å²) in [7, 11) is 0. The first-order valence-corrected chi connectivity index (χ1v) is 16.7. The average molecular weight is 592 g/mol. The van der Waals surface area contributed by atoms with Gasteiger partial charge in [0.1, 0.15) is 0 Å². The topological polar surface area (TPSA) is 55.7 Å². The van der Waals surface area contributed by atoms with Crippen LogP contribution in [0.25, 0.3) is 22.0 Å². The summed E-state index contributed by atoms with van der Waals surface area (Å²) in [4.78, 5) is 16.7. The Morgan fingerprint density at radius 1 is 0.932 bits per heavy atom. The summed E-state index contributed by atoms with van der Waals surface area (Å²) in [5.74, 6) is 0.443. The molecule has 3 heterocycles. The highest BCUT2D eigenvalue weighted by atomic mass is 16.7. The number of hydrogen-bond acceptors (Lipinski definition) is 4. The van der Waals surface area contributed by atoms with Crippen molar-refractivity contribution in [2.45, 2.75) is 76.3 Å². The lowest BCUT2D eigenvalue weighted by Crippen LogP contribution is -2.47. The maximum atomic E-state index is 14.5. The van der Waals surface area contributed by atoms with Crippen LogP contribution in [0.5, 0.6) is 0 Å². The number of para-hydroxylation sites is 1. The quantitative estimate of drug-likeness (QED) is 0.189. The molecule has 1 unspecified atom stereocenters. The van der Waals surface area contributed by atoms with E-state index in [2.05, 4.69) is 99.8 Å². The van der Waals surface area contributed by atoms with Crippen LogP contribution in [-0.4, -0.2) is 54.0 Å². The molecule has 0 bridgehead atoms. The summed E-state index contributed by atoms with van der Waals surface area (Å²) < 4.78 is 14.1. The summed E-state index contributed by atoms with van der Waals surface area (Å²) in [6.07, 6.45) is 9.65. The molecule has 1 amide bonds. The van der Waals surface area contributed by atoms with Crippen molar-refractivity contribution in [1.29, 1.82) is 0 Å². The number of nitrogens with zero attached hydrogens (tertiary/aromatic N) is 2. The Balaban J connectivity index is 1.08. The van der Waals surface area contributed by atoms with E-state index in [4.69, 9.17) is 9.47 Å². The Hall–Kier alpha value is -3.45. The monoisotopic (exact) mass is 591 g/mol. The van der Waals surface area contributed by atoms with Gasteiger partial charge in [-0.15, -0.1) is 0 Å². The van der Waals surface area contributed by atoms with Crippen LogP contribution in [-0.2, 0) is 27.4 Å². The van der Waals surface area contributed by atoms with E-state index in [1.807, 2.05) is 0 Å². The van der Waals surface area contributed by atoms with Crippen molar-refractivity contribution in [2.24, 2.45) is 5.92 Å². The van der Waals surface area contributed by atoms with Crippen LogP contribution in [0, 0.1) is 5.92 Å². The van der Waals surface area contributed by atoms with E-state index in [1.165, 1.54) is 39.6 Å². The van der Waals surface area contributed by atoms with Gasteiger partial charge in [-0.3, -0.25) is 4.79 Å². The molecule has 6 heteroatoms. The number of nitrogens with one attached hydrogen (secondary N) is 1. The third-order valence-electron chi connectivity index (χ3n) is 9.69. The second kappa shape index (κ2) is 13.7. The fourth-order valence-corrected chi connectivity index (χ4v) is 7.19. The molecule has 6 nitrogen and oxygen atoms in total. The van der Waals surface area contributed by atoms with Crippen LogP contribution in [0.15, 0.2) is 85.1 Å². The molecule has 2 aliphatic heterocycles. The molecule has 3 aromatic carbocycles. The van der Waals surface area contributed by atoms with Gasteiger partial charge < -0.3 is 24.3 Å². The van der Waals surface area contributed by atoms with Gasteiger partial charge in [0, 0.05) is 49.4 Å². The molecule has 0 radical (unpaired) electrons. The van der Waals surface area contributed by atoms with Gasteiger partial charge in [-0.05, 0) is 85.7 Å². The van der Waals surface area contributed by atoms with Crippen molar-refractivity contribution in [2.75, 3.05) is 26.3 Å². The summed E-state index contributed by atoms with van der Waals surface area (Å²) in [6.45, 7) is 4.73. The highest BCUT2D eigenvalue weighted by Gasteiger charge is 2.40. The number of fused-ring (bicyclic) bond motifs is 1. The molecule has 230 valence electrons. The van der Waals surface area contributed by atoms with E-state index in [0.29, 0.717) is 25.1 Å². The zero-order chi connectivity index (χ0) is 29.7. The van der Waals surface area contributed by atoms with Gasteiger partial charge in [0.2, 0.25) is 5.91 Å². The number of hydrogen-bond donors (Lipinski definition) is 1. The first kappa shape index (κ1) is 29.3. The number of aryl methyl sites for hydroxylation is 1. The fraction of sp³-hybridized carbons (Fsp3) is 0.447. The molecule has 1 aromatic heterocycles. The van der Waals surface area contributed by atoms with Crippen LogP contribution in [0.2, 0.25) is 0 Å². The van der Waals surface area contributed by atoms with E-state index in [1.54, 1.807) is 0 Å². The van der Waals surface area contributed by atoms with Crippen LogP contribution in [0.1, 0.15) is 62.0 Å². The lowest BCUT2D eigenvalue weighted by molar-refractivity contribution is -0.162. The highest BCUT2D eigenvalue weighted by molar-refractivity contribution is 5.86. The van der Waals surface area contributed by atoms with E-state index in [9.17, 15) is 4.79 Å². The SMILES string of the molecule is O=C([C@H]1CNCC[C@@H]1c1cccc(-c2ccccc2)c1)N(Cc1cn(CCCOC2CCCCO2)c2ccccc12)C1CC1. The molecule has 1 aliphatic carbocycles. The number of carbonyl (C=O) groups excluding carboxylic acids is 1. The Morgan fingerprint density at radius 2 is 1.77 bits per heavy atom. The number of rotatable bonds is 11. The fourth-order valence-electron chi connectivity index (χ4n) is 7.19. The standard InChI is InChI=1S/C38H45N3O3/c42-38(35-25-39-20-19-33(35)30-13-8-12-29(24-30)28-10-2-1-3-11-28)41(32-17-18-32)27-31-26-40(36-15-5-4-14-34(31)36)21-9-23-44-37-16-6-7-22-43-37/h1-5,8,10-15,24,26,32-33,35,37,39H,6-7,9,16-23,25,27H2/t33-,35+,37?/m1/s1. The number of benzene rings is 3. The van der Waals surface area contributed by atoms with Crippen molar-refractivity contribution in [3.05, 3.63) is 96.2 Å². The molecule has 44 heavy (non-hydrogen) atoms. The third kappa shape index (κ3) is 6.63. The second-order valence-electron chi connectivity index (χ2n) is 12.8. The largest absolute Gasteiger partial charge is 0.353 e. The predicted molar refractivity (Wildman–Crippen MR) is 175 cm³/mol. The molecule has 2 saturated heterocycles. The Morgan fingerprint density at radius 3 is 2.61 bits per heavy atom. The van der Waals surface area contributed by atoms with Gasteiger partial charge in [0.05, 0.1) is 12.5 Å². The van der Waals surface area contributed by atoms with E-state index < -0.39 is 0 Å². The van der Waals surface area contributed by atoms with Gasteiger partial charge in [-0.1, -0.05) is 72.8 Å². The molecule has 3 fully saturated rings. The molecule has 3 atom stereocenters. The summed E-state index contributed by atoms with van der Waals surface area (Å²) in [5, 5.41) is 4.80. The lowest BCUT2D eigenvalue weighted by atomic mass is 9.79. The zero-order valence-electron chi connectivity index (χ0n) is 25.7. The summed E-state index contributed by atoms with van der Waals surface area (Å²) in [5.41, 5.74) is 6.19. The van der Waals surface area contributed by atoms with Gasteiger partial charge in [-0.25, -0.2) is 0 Å². The smallest absolute Gasteiger partial charge is 0.228 e. The first-order chi connectivity index (χ1) is 21.7. The maximum absolute atomic E-state index is 14.5. The van der Waals surface area contributed by atoms with Crippen molar-refractivity contribution >= 4 is 16.8 Å². The Bertz CT molecular complexity index is 1540. The molecule has 4 aromatic rings. The minimum atomic E-state index is -0.0668. The second-order valence-corrected chi connectivity index (χ2v) is 12.8. The first-order valence-electron chi connectivity index (χ1n) is 16.7. The molecule has 0 spiro atoms. The molecular formula is C38H45N3O3. The summed E-state index contributed by atoms with van der Waals surface area (Å²) >= 11 is 0. The lowest BCUT2D eigenvalue weighted by Gasteiger charge is -2.36. The number of ether oxygens (including phenoxy) is 2. The molecule has 1 N–H and O–H groups in total. The summed E-state index contributed by atoms with van der Waals surface area (Å²) in [6, 6.07) is 28.4. The van der Waals surface area contributed by atoms with Crippen LogP contribution in [0.3, 0.4) is 0 Å². The third-order valence-corrected chi connectivity index (χ3v) is 9.69. The minimum Gasteiger partial charge on any atom is -0.353 e. The minimum absolute atomic E-state index is 0.0438. The Kier molecular flexibility index (Phi) is 9.10. The van der Waals surface area contributed by atoms with Crippen LogP contribution >= 0.6 is 0 Å². The average Bonchev–Trinajstić information content (AvgIpc) is 3.88. The number of aromatic nitrogens is 1. The molecule has 7 rings (SSSR count). The van der Waals surface area contributed by atoms with Crippen molar-refractivity contribution in [1.82, 2.24) is 14.8 Å². The van der Waals surface area contributed by atoms with Crippen LogP contribution < -0.4 is 5.32 Å². The Labute approximate surface area is 261 Å². The molecule has 3 aliphatic rings. The van der Waals surface area contributed by atoms with Crippen molar-refractivity contribution in [3.63, 3.8) is 0 Å². The predicted octanol–water partition coefficient (Wildman–Crippen LogP) is 7.13. The van der Waals surface area contributed by atoms with Gasteiger partial charge in [0.15, 0.2) is 6.29 Å². The number of piperidine rings is 1.